The maximum atomic E-state index is 12.7. The van der Waals surface area contributed by atoms with Crippen molar-refractivity contribution in [2.45, 2.75) is 26.3 Å². The summed E-state index contributed by atoms with van der Waals surface area (Å²) in [6, 6.07) is 8.01. The van der Waals surface area contributed by atoms with E-state index >= 15 is 0 Å². The minimum absolute atomic E-state index is 0.0788. The van der Waals surface area contributed by atoms with Gasteiger partial charge in [-0.05, 0) is 24.5 Å². The Morgan fingerprint density at radius 3 is 2.76 bits per heavy atom. The Kier molecular flexibility index (Phi) is 7.68. The summed E-state index contributed by atoms with van der Waals surface area (Å²) in [7, 11) is 0. The lowest BCUT2D eigenvalue weighted by atomic mass is 10.0. The number of nitrogens with two attached hydrogens (primary N) is 2. The Hall–Kier alpha value is -3.45. The molecule has 1 heterocycles. The molecule has 1 aromatic heterocycles. The minimum atomic E-state index is -0.729. The lowest BCUT2D eigenvalue weighted by molar-refractivity contribution is -0.123. The highest BCUT2D eigenvalue weighted by Crippen LogP contribution is 2.27. The first-order valence-corrected chi connectivity index (χ1v) is 9.79. The largest absolute Gasteiger partial charge is 0.370 e. The number of nitrogens with zero attached hydrogens (tertiary/aromatic N) is 3. The van der Waals surface area contributed by atoms with Crippen LogP contribution in [0.2, 0.25) is 0 Å². The zero-order valence-electron chi connectivity index (χ0n) is 16.2. The average molecular weight is 414 g/mol. The van der Waals surface area contributed by atoms with Gasteiger partial charge in [0, 0.05) is 16.5 Å². The second-order valence-corrected chi connectivity index (χ2v) is 7.50. The Morgan fingerprint density at radius 2 is 2.10 bits per heavy atom. The van der Waals surface area contributed by atoms with Crippen LogP contribution >= 0.6 is 11.3 Å². The predicted octanol–water partition coefficient (Wildman–Crippen LogP) is 1.50. The fraction of sp³-hybridized carbons (Fsp3) is 0.316. The molecule has 2 aromatic rings. The monoisotopic (exact) mass is 413 g/mol. The van der Waals surface area contributed by atoms with Gasteiger partial charge in [0.25, 0.3) is 5.91 Å². The number of hydrogen-bond acceptors (Lipinski definition) is 6. The number of rotatable bonds is 8. The highest BCUT2D eigenvalue weighted by atomic mass is 32.1. The molecule has 6 N–H and O–H groups in total. The molecule has 2 amide bonds. The summed E-state index contributed by atoms with van der Waals surface area (Å²) in [5, 5.41) is 16.1. The van der Waals surface area contributed by atoms with E-state index in [0.29, 0.717) is 22.8 Å². The van der Waals surface area contributed by atoms with Gasteiger partial charge in [-0.15, -0.1) is 11.3 Å². The third-order valence-corrected chi connectivity index (χ3v) is 4.54. The lowest BCUT2D eigenvalue weighted by Crippen LogP contribution is -2.47. The summed E-state index contributed by atoms with van der Waals surface area (Å²) in [6.45, 7) is 3.79. The average Bonchev–Trinajstić information content (AvgIpc) is 3.13. The molecule has 9 nitrogen and oxygen atoms in total. The van der Waals surface area contributed by atoms with Crippen molar-refractivity contribution in [3.05, 3.63) is 35.2 Å². The number of aromatic nitrogens is 1. The number of nitriles is 1. The van der Waals surface area contributed by atoms with Gasteiger partial charge in [0.2, 0.25) is 11.0 Å². The summed E-state index contributed by atoms with van der Waals surface area (Å²) < 4.78 is 0. The molecule has 0 fully saturated rings. The van der Waals surface area contributed by atoms with E-state index in [1.807, 2.05) is 26.0 Å². The first kappa shape index (κ1) is 21.8. The minimum Gasteiger partial charge on any atom is -0.370 e. The van der Waals surface area contributed by atoms with Crippen molar-refractivity contribution in [1.29, 1.82) is 5.26 Å². The van der Waals surface area contributed by atoms with Gasteiger partial charge in [-0.25, -0.2) is 4.98 Å². The van der Waals surface area contributed by atoms with Gasteiger partial charge in [0.05, 0.1) is 11.8 Å². The normalized spacial score (nSPS) is 11.4. The Bertz CT molecular complexity index is 942. The highest BCUT2D eigenvalue weighted by molar-refractivity contribution is 7.13. The molecular weight excluding hydrogens is 390 g/mol. The fourth-order valence-corrected chi connectivity index (χ4v) is 3.29. The van der Waals surface area contributed by atoms with Crippen LogP contribution in [0.25, 0.3) is 11.3 Å². The number of carbonyl (C=O) groups excluding carboxylic acids is 2. The van der Waals surface area contributed by atoms with Crippen molar-refractivity contribution in [2.75, 3.05) is 6.54 Å². The van der Waals surface area contributed by atoms with Crippen molar-refractivity contribution in [2.24, 2.45) is 22.4 Å². The Labute approximate surface area is 172 Å². The third-order valence-electron chi connectivity index (χ3n) is 3.81. The van der Waals surface area contributed by atoms with Crippen LogP contribution in [0.4, 0.5) is 5.13 Å². The number of nitrogens with one attached hydrogen (secondary N) is 2. The molecule has 0 bridgehead atoms. The molecule has 29 heavy (non-hydrogen) atoms. The SMILES string of the molecule is CC(C)C[C@H](NC(=O)c1cccc(-c2csc(N=C(N)N)n2)c1)C(=O)NCC#N. The van der Waals surface area contributed by atoms with Gasteiger partial charge in [-0.1, -0.05) is 26.0 Å². The molecule has 0 aliphatic carbocycles. The zero-order valence-corrected chi connectivity index (χ0v) is 17.0. The van der Waals surface area contributed by atoms with Crippen LogP contribution in [-0.2, 0) is 4.79 Å². The van der Waals surface area contributed by atoms with Crippen LogP contribution in [0.3, 0.4) is 0 Å². The van der Waals surface area contributed by atoms with E-state index in [9.17, 15) is 9.59 Å². The number of aliphatic imine (C=N–C) groups is 1. The van der Waals surface area contributed by atoms with Crippen LogP contribution in [-0.4, -0.2) is 35.3 Å². The Morgan fingerprint density at radius 1 is 1.34 bits per heavy atom. The molecule has 0 saturated heterocycles. The van der Waals surface area contributed by atoms with E-state index in [0.717, 1.165) is 5.56 Å². The number of guanidine groups is 1. The quantitative estimate of drug-likeness (QED) is 0.291. The molecular formula is C19H23N7O2S. The third kappa shape index (κ3) is 6.58. The molecule has 10 heteroatoms. The molecule has 152 valence electrons. The van der Waals surface area contributed by atoms with Crippen LogP contribution in [0.15, 0.2) is 34.6 Å². The van der Waals surface area contributed by atoms with E-state index in [-0.39, 0.29) is 30.2 Å². The van der Waals surface area contributed by atoms with Crippen LogP contribution in [0.1, 0.15) is 30.6 Å². The van der Waals surface area contributed by atoms with Crippen LogP contribution in [0, 0.1) is 17.2 Å². The molecule has 0 unspecified atom stereocenters. The van der Waals surface area contributed by atoms with Gasteiger partial charge < -0.3 is 22.1 Å². The number of benzene rings is 1. The lowest BCUT2D eigenvalue weighted by Gasteiger charge is -2.19. The molecule has 1 aromatic carbocycles. The summed E-state index contributed by atoms with van der Waals surface area (Å²) in [5.41, 5.74) is 12.5. The molecule has 2 rings (SSSR count). The first-order chi connectivity index (χ1) is 13.8. The topological polar surface area (TPSA) is 159 Å². The van der Waals surface area contributed by atoms with Crippen molar-refractivity contribution >= 4 is 34.2 Å². The number of hydrogen-bond donors (Lipinski definition) is 4. The Balaban J connectivity index is 2.18. The van der Waals surface area contributed by atoms with E-state index in [1.54, 1.807) is 23.6 Å². The second kappa shape index (κ2) is 10.2. The van der Waals surface area contributed by atoms with E-state index in [4.69, 9.17) is 16.7 Å². The molecule has 0 spiro atoms. The van der Waals surface area contributed by atoms with Crippen molar-refractivity contribution in [3.8, 4) is 17.3 Å². The first-order valence-electron chi connectivity index (χ1n) is 8.91. The maximum absolute atomic E-state index is 12.7. The van der Waals surface area contributed by atoms with Crippen molar-refractivity contribution in [1.82, 2.24) is 15.6 Å². The summed E-state index contributed by atoms with van der Waals surface area (Å²) >= 11 is 1.28. The molecule has 0 radical (unpaired) electrons. The van der Waals surface area contributed by atoms with Gasteiger partial charge >= 0.3 is 0 Å². The summed E-state index contributed by atoms with van der Waals surface area (Å²) in [4.78, 5) is 33.2. The molecule has 0 aliphatic rings. The van der Waals surface area contributed by atoms with E-state index in [1.165, 1.54) is 11.3 Å². The van der Waals surface area contributed by atoms with Crippen molar-refractivity contribution < 1.29 is 9.59 Å². The predicted molar refractivity (Wildman–Crippen MR) is 112 cm³/mol. The zero-order chi connectivity index (χ0) is 21.4. The number of amides is 2. The number of thiazole rings is 1. The van der Waals surface area contributed by atoms with E-state index in [2.05, 4.69) is 20.6 Å². The van der Waals surface area contributed by atoms with Gasteiger partial charge in [-0.3, -0.25) is 9.59 Å². The van der Waals surface area contributed by atoms with Gasteiger partial charge in [0.1, 0.15) is 12.6 Å². The maximum Gasteiger partial charge on any atom is 0.251 e. The molecule has 1 atom stereocenters. The molecule has 0 aliphatic heterocycles. The second-order valence-electron chi connectivity index (χ2n) is 6.66. The van der Waals surface area contributed by atoms with Crippen LogP contribution in [0.5, 0.6) is 0 Å². The number of carbonyl (C=O) groups is 2. The summed E-state index contributed by atoms with van der Waals surface area (Å²) in [5.74, 6) is -0.663. The summed E-state index contributed by atoms with van der Waals surface area (Å²) in [6.07, 6.45) is 0.455. The van der Waals surface area contributed by atoms with Gasteiger partial charge in [-0.2, -0.15) is 10.3 Å². The standard InChI is InChI=1S/C19H23N7O2S/c1-11(2)8-14(17(28)23-7-6-20)24-16(27)13-5-3-4-12(9-13)15-10-29-19(25-15)26-18(21)22/h3-5,9-11,14H,7-8H2,1-2H3,(H,23,28)(H,24,27)(H4,21,22,25,26)/t14-/m0/s1. The van der Waals surface area contributed by atoms with Crippen molar-refractivity contribution in [3.63, 3.8) is 0 Å². The fourth-order valence-electron chi connectivity index (χ4n) is 2.57. The van der Waals surface area contributed by atoms with Crippen LogP contribution < -0.4 is 22.1 Å². The highest BCUT2D eigenvalue weighted by Gasteiger charge is 2.22. The molecule has 0 saturated carbocycles. The van der Waals surface area contributed by atoms with Gasteiger partial charge in [0.15, 0.2) is 5.96 Å². The van der Waals surface area contributed by atoms with E-state index < -0.39 is 6.04 Å². The smallest absolute Gasteiger partial charge is 0.251 e.